The quantitative estimate of drug-likeness (QED) is 0.853. The summed E-state index contributed by atoms with van der Waals surface area (Å²) >= 11 is 0. The number of amides is 2. The van der Waals surface area contributed by atoms with Gasteiger partial charge in [-0.15, -0.1) is 0 Å². The summed E-state index contributed by atoms with van der Waals surface area (Å²) in [6, 6.07) is 8.18. The monoisotopic (exact) mass is 333 g/mol. The molecule has 132 valence electrons. The van der Waals surface area contributed by atoms with E-state index in [0.29, 0.717) is 5.91 Å². The molecule has 0 atom stereocenters. The molecule has 0 aromatic heterocycles. The van der Waals surface area contributed by atoms with Crippen molar-refractivity contribution in [3.8, 4) is 5.75 Å². The van der Waals surface area contributed by atoms with Crippen molar-refractivity contribution in [2.24, 2.45) is 11.7 Å². The van der Waals surface area contributed by atoms with Crippen LogP contribution in [0.5, 0.6) is 5.75 Å². The number of nitrogens with two attached hydrogens (primary N) is 1. The van der Waals surface area contributed by atoms with Gasteiger partial charge in [0.05, 0.1) is 7.11 Å². The molecule has 1 aromatic carbocycles. The highest BCUT2D eigenvalue weighted by atomic mass is 16.5. The highest BCUT2D eigenvalue weighted by Crippen LogP contribution is 2.27. The number of methoxy groups -OCH3 is 1. The Bertz CT molecular complexity index is 536. The fourth-order valence-electron chi connectivity index (χ4n) is 3.39. The smallest absolute Gasteiger partial charge is 0.225 e. The Morgan fingerprint density at radius 1 is 1.21 bits per heavy atom. The lowest BCUT2D eigenvalue weighted by atomic mass is 9.95. The van der Waals surface area contributed by atoms with Crippen molar-refractivity contribution >= 4 is 18.0 Å². The molecular formula is C18H27N3O3. The lowest BCUT2D eigenvalue weighted by Crippen LogP contribution is -2.41. The molecule has 0 bridgehead atoms. The molecule has 0 radical (unpaired) electrons. The number of nitrogens with zero attached hydrogens (tertiary/aromatic N) is 2. The van der Waals surface area contributed by atoms with Crippen LogP contribution in [0.4, 0.5) is 5.69 Å². The number of ether oxygens (including phenoxy) is 1. The molecule has 2 aliphatic heterocycles. The van der Waals surface area contributed by atoms with Crippen molar-refractivity contribution < 1.29 is 14.3 Å². The zero-order chi connectivity index (χ0) is 17.4. The van der Waals surface area contributed by atoms with E-state index in [1.54, 1.807) is 7.11 Å². The number of rotatable bonds is 3. The predicted molar refractivity (Wildman–Crippen MR) is 94.0 cm³/mol. The molecule has 0 unspecified atom stereocenters. The normalized spacial score (nSPS) is 17.9. The van der Waals surface area contributed by atoms with Crippen LogP contribution in [0.15, 0.2) is 24.3 Å². The van der Waals surface area contributed by atoms with E-state index >= 15 is 0 Å². The van der Waals surface area contributed by atoms with Crippen molar-refractivity contribution in [2.45, 2.75) is 25.7 Å². The van der Waals surface area contributed by atoms with Gasteiger partial charge in [-0.05, 0) is 37.8 Å². The van der Waals surface area contributed by atoms with Crippen LogP contribution in [0.2, 0.25) is 0 Å². The zero-order valence-corrected chi connectivity index (χ0v) is 14.3. The number of piperidine rings is 1. The van der Waals surface area contributed by atoms with Gasteiger partial charge in [0.25, 0.3) is 0 Å². The molecule has 2 amide bonds. The van der Waals surface area contributed by atoms with Gasteiger partial charge in [-0.2, -0.15) is 0 Å². The van der Waals surface area contributed by atoms with Crippen molar-refractivity contribution in [2.75, 3.05) is 38.2 Å². The number of carbonyl (C=O) groups is 2. The van der Waals surface area contributed by atoms with E-state index in [0.717, 1.165) is 44.8 Å². The Morgan fingerprint density at radius 3 is 2.42 bits per heavy atom. The van der Waals surface area contributed by atoms with E-state index in [9.17, 15) is 4.79 Å². The Hall–Kier alpha value is -2.24. The van der Waals surface area contributed by atoms with Crippen LogP contribution in [0.25, 0.3) is 0 Å². The molecular weight excluding hydrogens is 306 g/mol. The van der Waals surface area contributed by atoms with Crippen LogP contribution in [-0.2, 0) is 9.59 Å². The van der Waals surface area contributed by atoms with E-state index in [2.05, 4.69) is 27.7 Å². The Balaban J connectivity index is 0.000000647. The summed E-state index contributed by atoms with van der Waals surface area (Å²) in [5.41, 5.74) is 5.36. The molecule has 1 aromatic rings. The van der Waals surface area contributed by atoms with E-state index in [1.807, 2.05) is 12.1 Å². The van der Waals surface area contributed by atoms with Gasteiger partial charge in [0.15, 0.2) is 0 Å². The molecule has 0 saturated carbocycles. The number of primary amides is 1. The summed E-state index contributed by atoms with van der Waals surface area (Å²) in [5.74, 6) is 1.51. The molecule has 6 heteroatoms. The average molecular weight is 333 g/mol. The lowest BCUT2D eigenvalue weighted by molar-refractivity contribution is -0.135. The number of anilines is 1. The molecule has 2 fully saturated rings. The minimum Gasteiger partial charge on any atom is -0.497 e. The van der Waals surface area contributed by atoms with Crippen molar-refractivity contribution in [1.29, 1.82) is 0 Å². The third-order valence-corrected chi connectivity index (χ3v) is 4.68. The SMILES string of the molecule is COc1cccc(N2CCC(C(=O)N3CCCC3)CC2)c1.NC=O. The molecule has 24 heavy (non-hydrogen) atoms. The minimum absolute atomic E-state index is 0.227. The van der Waals surface area contributed by atoms with Gasteiger partial charge in [-0.1, -0.05) is 6.07 Å². The summed E-state index contributed by atoms with van der Waals surface area (Å²) in [4.78, 5) is 25.4. The van der Waals surface area contributed by atoms with Gasteiger partial charge in [0, 0.05) is 43.9 Å². The number of benzene rings is 1. The van der Waals surface area contributed by atoms with Gasteiger partial charge in [-0.25, -0.2) is 0 Å². The van der Waals surface area contributed by atoms with Gasteiger partial charge < -0.3 is 20.3 Å². The molecule has 6 nitrogen and oxygen atoms in total. The summed E-state index contributed by atoms with van der Waals surface area (Å²) in [6.07, 6.45) is 4.53. The lowest BCUT2D eigenvalue weighted by Gasteiger charge is -2.34. The standard InChI is InChI=1S/C17H24N2O2.CH3NO/c1-21-16-6-4-5-15(13-16)18-11-7-14(8-12-18)17(20)19-9-2-3-10-19;2-1-3/h4-6,13-14H,2-3,7-12H2,1H3;1H,(H2,2,3). The van der Waals surface area contributed by atoms with Gasteiger partial charge in [0.2, 0.25) is 12.3 Å². The number of likely N-dealkylation sites (tertiary alicyclic amines) is 1. The van der Waals surface area contributed by atoms with Crippen LogP contribution >= 0.6 is 0 Å². The first-order valence-corrected chi connectivity index (χ1v) is 8.52. The Labute approximate surface area is 143 Å². The van der Waals surface area contributed by atoms with Crippen molar-refractivity contribution in [3.05, 3.63) is 24.3 Å². The van der Waals surface area contributed by atoms with Crippen LogP contribution < -0.4 is 15.4 Å². The second-order valence-electron chi connectivity index (χ2n) is 6.13. The topological polar surface area (TPSA) is 75.9 Å². The molecule has 2 N–H and O–H groups in total. The molecule has 2 aliphatic rings. The minimum atomic E-state index is 0.227. The summed E-state index contributed by atoms with van der Waals surface area (Å²) in [6.45, 7) is 3.85. The fraction of sp³-hybridized carbons (Fsp3) is 0.556. The van der Waals surface area contributed by atoms with Crippen molar-refractivity contribution in [3.63, 3.8) is 0 Å². The highest BCUT2D eigenvalue weighted by Gasteiger charge is 2.29. The maximum atomic E-state index is 12.4. The van der Waals surface area contributed by atoms with Crippen LogP contribution in [0.1, 0.15) is 25.7 Å². The average Bonchev–Trinajstić information content (AvgIpc) is 3.17. The third kappa shape index (κ3) is 4.63. The second-order valence-corrected chi connectivity index (χ2v) is 6.13. The number of hydrogen-bond donors (Lipinski definition) is 1. The second kappa shape index (κ2) is 9.15. The highest BCUT2D eigenvalue weighted by molar-refractivity contribution is 5.79. The number of hydrogen-bond acceptors (Lipinski definition) is 4. The summed E-state index contributed by atoms with van der Waals surface area (Å²) < 4.78 is 5.29. The first-order valence-electron chi connectivity index (χ1n) is 8.52. The number of carbonyl (C=O) groups excluding carboxylic acids is 2. The molecule has 2 heterocycles. The first kappa shape index (κ1) is 18.1. The third-order valence-electron chi connectivity index (χ3n) is 4.68. The van der Waals surface area contributed by atoms with Crippen LogP contribution in [0, 0.1) is 5.92 Å². The van der Waals surface area contributed by atoms with E-state index in [-0.39, 0.29) is 12.3 Å². The fourth-order valence-corrected chi connectivity index (χ4v) is 3.39. The zero-order valence-electron chi connectivity index (χ0n) is 14.3. The molecule has 0 aliphatic carbocycles. The van der Waals surface area contributed by atoms with Gasteiger partial charge in [0.1, 0.15) is 5.75 Å². The maximum absolute atomic E-state index is 12.4. The van der Waals surface area contributed by atoms with Crippen LogP contribution in [0.3, 0.4) is 0 Å². The Kier molecular flexibility index (Phi) is 6.90. The molecule has 0 spiro atoms. The van der Waals surface area contributed by atoms with E-state index in [1.165, 1.54) is 18.5 Å². The largest absolute Gasteiger partial charge is 0.497 e. The van der Waals surface area contributed by atoms with E-state index < -0.39 is 0 Å². The van der Waals surface area contributed by atoms with Crippen molar-refractivity contribution in [1.82, 2.24) is 4.90 Å². The summed E-state index contributed by atoms with van der Waals surface area (Å²) in [5, 5.41) is 0. The molecule has 3 rings (SSSR count). The van der Waals surface area contributed by atoms with Crippen LogP contribution in [-0.4, -0.2) is 50.5 Å². The van der Waals surface area contributed by atoms with Gasteiger partial charge in [-0.3, -0.25) is 9.59 Å². The summed E-state index contributed by atoms with van der Waals surface area (Å²) in [7, 11) is 1.69. The van der Waals surface area contributed by atoms with E-state index in [4.69, 9.17) is 9.53 Å². The molecule has 2 saturated heterocycles. The maximum Gasteiger partial charge on any atom is 0.225 e. The first-order chi connectivity index (χ1) is 11.7. The predicted octanol–water partition coefficient (Wildman–Crippen LogP) is 1.64. The Morgan fingerprint density at radius 2 is 1.83 bits per heavy atom. The van der Waals surface area contributed by atoms with Gasteiger partial charge >= 0.3 is 0 Å².